The summed E-state index contributed by atoms with van der Waals surface area (Å²) < 4.78 is 7.33. The smallest absolute Gasteiger partial charge is 0.233 e. The molecule has 2 aromatic heterocycles. The van der Waals surface area contributed by atoms with Gasteiger partial charge in [0.25, 0.3) is 0 Å². The highest BCUT2D eigenvalue weighted by molar-refractivity contribution is 7.99. The molecular formula is C22H19ClN4O2S. The molecule has 1 amide bonds. The molecule has 4 rings (SSSR count). The predicted molar refractivity (Wildman–Crippen MR) is 118 cm³/mol. The van der Waals surface area contributed by atoms with Gasteiger partial charge in [-0.2, -0.15) is 0 Å². The van der Waals surface area contributed by atoms with E-state index in [1.54, 1.807) is 30.3 Å². The maximum absolute atomic E-state index is 12.7. The first-order valence-corrected chi connectivity index (χ1v) is 10.6. The van der Waals surface area contributed by atoms with Crippen molar-refractivity contribution in [1.82, 2.24) is 19.7 Å². The van der Waals surface area contributed by atoms with Gasteiger partial charge in [0.05, 0.1) is 22.7 Å². The monoisotopic (exact) mass is 438 g/mol. The van der Waals surface area contributed by atoms with Crippen molar-refractivity contribution >= 4 is 29.3 Å². The number of para-hydroxylation sites is 1. The van der Waals surface area contributed by atoms with E-state index in [0.717, 1.165) is 11.3 Å². The van der Waals surface area contributed by atoms with Gasteiger partial charge in [-0.25, -0.2) is 0 Å². The van der Waals surface area contributed by atoms with Gasteiger partial charge in [0.1, 0.15) is 0 Å². The zero-order valence-electron chi connectivity index (χ0n) is 16.2. The molecule has 0 saturated carbocycles. The molecule has 2 heterocycles. The van der Waals surface area contributed by atoms with Gasteiger partial charge < -0.3 is 9.32 Å². The fraction of sp³-hybridized carbons (Fsp3) is 0.136. The second-order valence-corrected chi connectivity index (χ2v) is 7.94. The number of rotatable bonds is 7. The van der Waals surface area contributed by atoms with Crippen molar-refractivity contribution in [1.29, 1.82) is 0 Å². The number of nitrogens with zero attached hydrogens (tertiary/aromatic N) is 4. The summed E-state index contributed by atoms with van der Waals surface area (Å²) in [5.74, 6) is 1.32. The summed E-state index contributed by atoms with van der Waals surface area (Å²) in [7, 11) is 1.79. The van der Waals surface area contributed by atoms with Gasteiger partial charge in [-0.15, -0.1) is 10.2 Å². The highest BCUT2D eigenvalue weighted by atomic mass is 35.5. The molecule has 6 nitrogen and oxygen atoms in total. The molecule has 0 N–H and O–H groups in total. The molecule has 0 saturated heterocycles. The zero-order valence-corrected chi connectivity index (χ0v) is 17.8. The zero-order chi connectivity index (χ0) is 20.9. The molecule has 30 heavy (non-hydrogen) atoms. The molecule has 4 aromatic rings. The van der Waals surface area contributed by atoms with Crippen LogP contribution in [0.5, 0.6) is 0 Å². The number of thioether (sulfide) groups is 1. The Morgan fingerprint density at radius 3 is 2.57 bits per heavy atom. The maximum atomic E-state index is 12.7. The van der Waals surface area contributed by atoms with Gasteiger partial charge in [-0.3, -0.25) is 9.36 Å². The van der Waals surface area contributed by atoms with Crippen molar-refractivity contribution in [3.63, 3.8) is 0 Å². The highest BCUT2D eigenvalue weighted by Crippen LogP contribution is 2.31. The molecule has 0 unspecified atom stereocenters. The third-order valence-corrected chi connectivity index (χ3v) is 5.71. The van der Waals surface area contributed by atoms with E-state index in [4.69, 9.17) is 16.0 Å². The number of hydrogen-bond donors (Lipinski definition) is 0. The summed E-state index contributed by atoms with van der Waals surface area (Å²) in [5.41, 5.74) is 1.81. The third kappa shape index (κ3) is 4.42. The molecule has 8 heteroatoms. The van der Waals surface area contributed by atoms with Crippen molar-refractivity contribution in [2.24, 2.45) is 0 Å². The van der Waals surface area contributed by atoms with E-state index in [2.05, 4.69) is 10.2 Å². The molecule has 0 fully saturated rings. The highest BCUT2D eigenvalue weighted by Gasteiger charge is 2.21. The Bertz CT molecular complexity index is 1130. The maximum Gasteiger partial charge on any atom is 0.233 e. The fourth-order valence-corrected chi connectivity index (χ4v) is 4.07. The van der Waals surface area contributed by atoms with Crippen LogP contribution in [0.2, 0.25) is 5.02 Å². The lowest BCUT2D eigenvalue weighted by molar-refractivity contribution is -0.127. The minimum absolute atomic E-state index is 0.00268. The van der Waals surface area contributed by atoms with E-state index >= 15 is 0 Å². The van der Waals surface area contributed by atoms with Crippen LogP contribution in [0.3, 0.4) is 0 Å². The lowest BCUT2D eigenvalue weighted by atomic mass is 10.2. The van der Waals surface area contributed by atoms with Crippen LogP contribution < -0.4 is 0 Å². The fourth-order valence-electron chi connectivity index (χ4n) is 2.96. The summed E-state index contributed by atoms with van der Waals surface area (Å²) in [5, 5.41) is 9.69. The minimum Gasteiger partial charge on any atom is -0.461 e. The average Bonchev–Trinajstić information content (AvgIpc) is 3.43. The van der Waals surface area contributed by atoms with Crippen LogP contribution in [0.25, 0.3) is 17.3 Å². The number of hydrogen-bond acceptors (Lipinski definition) is 5. The van der Waals surface area contributed by atoms with Gasteiger partial charge >= 0.3 is 0 Å². The molecule has 0 aliphatic heterocycles. The molecule has 0 aliphatic carbocycles. The molecule has 0 aliphatic rings. The van der Waals surface area contributed by atoms with Crippen LogP contribution in [0, 0.1) is 0 Å². The van der Waals surface area contributed by atoms with E-state index in [1.165, 1.54) is 11.8 Å². The molecular weight excluding hydrogens is 420 g/mol. The minimum atomic E-state index is -0.00268. The van der Waals surface area contributed by atoms with Gasteiger partial charge in [0.15, 0.2) is 10.9 Å². The van der Waals surface area contributed by atoms with Crippen LogP contribution in [0.1, 0.15) is 5.56 Å². The van der Waals surface area contributed by atoms with Crippen molar-refractivity contribution in [3.05, 3.63) is 83.6 Å². The molecule has 2 aromatic carbocycles. The summed E-state index contributed by atoms with van der Waals surface area (Å²) in [4.78, 5) is 14.4. The largest absolute Gasteiger partial charge is 0.461 e. The lowest BCUT2D eigenvalue weighted by Crippen LogP contribution is -2.27. The van der Waals surface area contributed by atoms with Gasteiger partial charge in [-0.1, -0.05) is 65.8 Å². The summed E-state index contributed by atoms with van der Waals surface area (Å²) >= 11 is 7.75. The molecule has 0 bridgehead atoms. The van der Waals surface area contributed by atoms with E-state index in [-0.39, 0.29) is 11.7 Å². The first-order valence-electron chi connectivity index (χ1n) is 9.28. The Balaban J connectivity index is 1.56. The lowest BCUT2D eigenvalue weighted by Gasteiger charge is -2.17. The van der Waals surface area contributed by atoms with Crippen LogP contribution in [-0.4, -0.2) is 38.4 Å². The van der Waals surface area contributed by atoms with Crippen LogP contribution in [0.15, 0.2) is 82.6 Å². The van der Waals surface area contributed by atoms with Crippen LogP contribution in [-0.2, 0) is 11.3 Å². The average molecular weight is 439 g/mol. The van der Waals surface area contributed by atoms with Crippen molar-refractivity contribution in [2.75, 3.05) is 12.8 Å². The van der Waals surface area contributed by atoms with E-state index in [9.17, 15) is 4.79 Å². The number of carbonyl (C=O) groups is 1. The predicted octanol–water partition coefficient (Wildman–Crippen LogP) is 4.93. The number of amides is 1. The Morgan fingerprint density at radius 2 is 1.83 bits per heavy atom. The molecule has 0 spiro atoms. The standard InChI is InChI=1S/C22H19ClN4O2S/c1-26(14-16-8-3-2-4-9-16)20(28)15-30-22-25-24-21(19-12-7-13-29-19)27(22)18-11-6-5-10-17(18)23/h2-13H,14-15H2,1H3. The molecule has 0 atom stereocenters. The number of benzene rings is 2. The Labute approximate surface area is 183 Å². The topological polar surface area (TPSA) is 64.2 Å². The van der Waals surface area contributed by atoms with Crippen molar-refractivity contribution < 1.29 is 9.21 Å². The SMILES string of the molecule is CN(Cc1ccccc1)C(=O)CSc1nnc(-c2ccco2)n1-c1ccccc1Cl. The number of furan rings is 1. The molecule has 0 radical (unpaired) electrons. The van der Waals surface area contributed by atoms with Gasteiger partial charge in [0, 0.05) is 13.6 Å². The first-order chi connectivity index (χ1) is 14.6. The summed E-state index contributed by atoms with van der Waals surface area (Å²) in [6, 6.07) is 20.9. The van der Waals surface area contributed by atoms with Gasteiger partial charge in [0.2, 0.25) is 11.7 Å². The number of carbonyl (C=O) groups excluding carboxylic acids is 1. The third-order valence-electron chi connectivity index (χ3n) is 4.48. The van der Waals surface area contributed by atoms with Crippen LogP contribution in [0.4, 0.5) is 0 Å². The Kier molecular flexibility index (Phi) is 6.21. The van der Waals surface area contributed by atoms with Gasteiger partial charge in [-0.05, 0) is 29.8 Å². The summed E-state index contributed by atoms with van der Waals surface area (Å²) in [6.07, 6.45) is 1.58. The van der Waals surface area contributed by atoms with E-state index in [1.807, 2.05) is 59.2 Å². The normalized spacial score (nSPS) is 10.9. The number of halogens is 1. The second-order valence-electron chi connectivity index (χ2n) is 6.59. The molecule has 152 valence electrons. The quantitative estimate of drug-likeness (QED) is 0.383. The van der Waals surface area contributed by atoms with Crippen LogP contribution >= 0.6 is 23.4 Å². The van der Waals surface area contributed by atoms with Crippen molar-refractivity contribution in [3.8, 4) is 17.3 Å². The Hall–Kier alpha value is -3.03. The second kappa shape index (κ2) is 9.19. The first kappa shape index (κ1) is 20.3. The van der Waals surface area contributed by atoms with E-state index < -0.39 is 0 Å². The van der Waals surface area contributed by atoms with E-state index in [0.29, 0.717) is 28.3 Å². The number of aromatic nitrogens is 3. The summed E-state index contributed by atoms with van der Waals surface area (Å²) in [6.45, 7) is 0.551. The Morgan fingerprint density at radius 1 is 1.07 bits per heavy atom. The van der Waals surface area contributed by atoms with Crippen molar-refractivity contribution in [2.45, 2.75) is 11.7 Å².